The van der Waals surface area contributed by atoms with Crippen LogP contribution in [0.2, 0.25) is 5.15 Å². The van der Waals surface area contributed by atoms with Crippen molar-refractivity contribution in [2.75, 3.05) is 38.2 Å². The molecule has 0 radical (unpaired) electrons. The Morgan fingerprint density at radius 1 is 1.48 bits per heavy atom. The summed E-state index contributed by atoms with van der Waals surface area (Å²) < 4.78 is 5.17. The second kappa shape index (κ2) is 7.19. The van der Waals surface area contributed by atoms with Gasteiger partial charge in [0.05, 0.1) is 30.3 Å². The zero-order valence-electron chi connectivity index (χ0n) is 11.2. The van der Waals surface area contributed by atoms with Gasteiger partial charge in [-0.25, -0.2) is 4.98 Å². The van der Waals surface area contributed by atoms with Crippen LogP contribution in [0.4, 0.5) is 11.5 Å². The molecule has 21 heavy (non-hydrogen) atoms. The van der Waals surface area contributed by atoms with Gasteiger partial charge >= 0.3 is 0 Å². The minimum Gasteiger partial charge on any atom is -0.378 e. The number of nitrogens with one attached hydrogen (secondary N) is 1. The molecule has 1 aliphatic heterocycles. The summed E-state index contributed by atoms with van der Waals surface area (Å²) in [5.74, 6) is 0.298. The zero-order valence-corrected chi connectivity index (χ0v) is 12.0. The number of carbonyl (C=O) groups is 1. The predicted octanol–water partition coefficient (Wildman–Crippen LogP) is 1.30. The molecule has 0 aromatic carbocycles. The van der Waals surface area contributed by atoms with Crippen molar-refractivity contribution in [2.45, 2.75) is 6.42 Å². The maximum atomic E-state index is 11.9. The van der Waals surface area contributed by atoms with E-state index < -0.39 is 4.92 Å². The number of anilines is 1. The molecule has 2 rings (SSSR count). The fraction of sp³-hybridized carbons (Fsp3) is 0.500. The lowest BCUT2D eigenvalue weighted by Gasteiger charge is -2.26. The molecule has 1 aliphatic rings. The van der Waals surface area contributed by atoms with Gasteiger partial charge in [0.2, 0.25) is 5.91 Å². The molecule has 1 amide bonds. The number of nitrogens with zero attached hydrogens (tertiary/aromatic N) is 3. The van der Waals surface area contributed by atoms with Crippen LogP contribution in [0.5, 0.6) is 0 Å². The second-order valence-corrected chi connectivity index (χ2v) is 4.85. The van der Waals surface area contributed by atoms with E-state index in [1.807, 2.05) is 0 Å². The molecule has 114 valence electrons. The summed E-state index contributed by atoms with van der Waals surface area (Å²) in [6, 6.07) is 2.46. The van der Waals surface area contributed by atoms with Crippen LogP contribution in [-0.2, 0) is 9.53 Å². The number of hydrogen-bond donors (Lipinski definition) is 1. The molecule has 1 saturated heterocycles. The van der Waals surface area contributed by atoms with Crippen molar-refractivity contribution in [1.29, 1.82) is 0 Å². The third-order valence-corrected chi connectivity index (χ3v) is 3.19. The van der Waals surface area contributed by atoms with Crippen LogP contribution in [0.1, 0.15) is 6.42 Å². The number of amides is 1. The molecular formula is C12H15ClN4O4. The van der Waals surface area contributed by atoms with Gasteiger partial charge in [-0.05, 0) is 0 Å². The number of rotatable bonds is 5. The van der Waals surface area contributed by atoms with Crippen molar-refractivity contribution < 1.29 is 14.5 Å². The highest BCUT2D eigenvalue weighted by atomic mass is 35.5. The van der Waals surface area contributed by atoms with Crippen molar-refractivity contribution >= 4 is 29.0 Å². The van der Waals surface area contributed by atoms with E-state index in [0.29, 0.717) is 32.8 Å². The molecule has 0 atom stereocenters. The molecule has 0 unspecified atom stereocenters. The molecule has 8 nitrogen and oxygen atoms in total. The minimum atomic E-state index is -0.544. The number of aromatic nitrogens is 1. The van der Waals surface area contributed by atoms with Gasteiger partial charge in [0.25, 0.3) is 5.69 Å². The third-order valence-electron chi connectivity index (χ3n) is 3.00. The normalized spacial score (nSPS) is 14.8. The second-order valence-electron chi connectivity index (χ2n) is 4.46. The Morgan fingerprint density at radius 3 is 2.86 bits per heavy atom. The highest BCUT2D eigenvalue weighted by molar-refractivity contribution is 6.29. The van der Waals surface area contributed by atoms with Crippen LogP contribution in [0.25, 0.3) is 0 Å². The maximum absolute atomic E-state index is 11.9. The molecule has 1 aromatic rings. The smallest absolute Gasteiger partial charge is 0.276 e. The van der Waals surface area contributed by atoms with Crippen LogP contribution in [0.3, 0.4) is 0 Å². The van der Waals surface area contributed by atoms with E-state index in [0.717, 1.165) is 0 Å². The first kappa shape index (κ1) is 15.5. The van der Waals surface area contributed by atoms with Crippen LogP contribution < -0.4 is 5.32 Å². The van der Waals surface area contributed by atoms with Gasteiger partial charge in [-0.15, -0.1) is 0 Å². The molecule has 1 fully saturated rings. The number of morpholine rings is 1. The Morgan fingerprint density at radius 2 is 2.19 bits per heavy atom. The summed E-state index contributed by atoms with van der Waals surface area (Å²) >= 11 is 5.71. The van der Waals surface area contributed by atoms with Crippen LogP contribution in [-0.4, -0.2) is 53.6 Å². The molecule has 0 bridgehead atoms. The quantitative estimate of drug-likeness (QED) is 0.500. The van der Waals surface area contributed by atoms with Gasteiger partial charge in [0.1, 0.15) is 11.0 Å². The molecular weight excluding hydrogens is 300 g/mol. The van der Waals surface area contributed by atoms with Crippen molar-refractivity contribution in [3.8, 4) is 0 Å². The molecule has 9 heteroatoms. The van der Waals surface area contributed by atoms with E-state index in [-0.39, 0.29) is 29.0 Å². The summed E-state index contributed by atoms with van der Waals surface area (Å²) in [4.78, 5) is 27.7. The SMILES string of the molecule is O=C(CCNc1cc([N+](=O)[O-])cc(Cl)n1)N1CCOCC1. The Balaban J connectivity index is 1.85. The number of pyridine rings is 1. The highest BCUT2D eigenvalue weighted by Gasteiger charge is 2.16. The Hall–Kier alpha value is -1.93. The summed E-state index contributed by atoms with van der Waals surface area (Å²) in [7, 11) is 0. The average molecular weight is 315 g/mol. The van der Waals surface area contributed by atoms with Gasteiger partial charge in [-0.3, -0.25) is 14.9 Å². The molecule has 0 saturated carbocycles. The lowest BCUT2D eigenvalue weighted by atomic mass is 10.3. The van der Waals surface area contributed by atoms with Gasteiger partial charge in [0.15, 0.2) is 0 Å². The molecule has 1 N–H and O–H groups in total. The number of ether oxygens (including phenoxy) is 1. The molecule has 2 heterocycles. The van der Waals surface area contributed by atoms with Crippen molar-refractivity contribution in [3.63, 3.8) is 0 Å². The molecule has 0 aliphatic carbocycles. The number of halogens is 1. The van der Waals surface area contributed by atoms with Crippen molar-refractivity contribution in [1.82, 2.24) is 9.88 Å². The largest absolute Gasteiger partial charge is 0.378 e. The Kier molecular flexibility index (Phi) is 5.29. The molecule has 1 aromatic heterocycles. The van der Waals surface area contributed by atoms with E-state index in [1.165, 1.54) is 12.1 Å². The topological polar surface area (TPSA) is 97.6 Å². The van der Waals surface area contributed by atoms with Gasteiger partial charge < -0.3 is 15.0 Å². The van der Waals surface area contributed by atoms with Crippen molar-refractivity contribution in [3.05, 3.63) is 27.4 Å². The summed E-state index contributed by atoms with van der Waals surface area (Å²) in [5.41, 5.74) is -0.142. The van der Waals surface area contributed by atoms with Gasteiger partial charge in [-0.1, -0.05) is 11.6 Å². The lowest BCUT2D eigenvalue weighted by molar-refractivity contribution is -0.384. The van der Waals surface area contributed by atoms with Crippen LogP contribution >= 0.6 is 11.6 Å². The van der Waals surface area contributed by atoms with E-state index in [9.17, 15) is 14.9 Å². The highest BCUT2D eigenvalue weighted by Crippen LogP contribution is 2.20. The van der Waals surface area contributed by atoms with Crippen LogP contribution in [0.15, 0.2) is 12.1 Å². The van der Waals surface area contributed by atoms with E-state index in [2.05, 4.69) is 10.3 Å². The first-order valence-electron chi connectivity index (χ1n) is 6.47. The third kappa shape index (κ3) is 4.54. The van der Waals surface area contributed by atoms with E-state index in [4.69, 9.17) is 16.3 Å². The number of hydrogen-bond acceptors (Lipinski definition) is 6. The van der Waals surface area contributed by atoms with E-state index in [1.54, 1.807) is 4.90 Å². The predicted molar refractivity (Wildman–Crippen MR) is 76.4 cm³/mol. The Labute approximate surface area is 126 Å². The van der Waals surface area contributed by atoms with Crippen LogP contribution in [0, 0.1) is 10.1 Å². The Bertz CT molecular complexity index is 534. The summed E-state index contributed by atoms with van der Waals surface area (Å²) in [6.07, 6.45) is 0.280. The van der Waals surface area contributed by atoms with Gasteiger partial charge in [-0.2, -0.15) is 0 Å². The standard InChI is InChI=1S/C12H15ClN4O4/c13-10-7-9(17(19)20)8-11(15-10)14-2-1-12(18)16-3-5-21-6-4-16/h7-8H,1-6H2,(H,14,15). The van der Waals surface area contributed by atoms with Gasteiger partial charge in [0, 0.05) is 26.1 Å². The first-order valence-corrected chi connectivity index (χ1v) is 6.85. The lowest BCUT2D eigenvalue weighted by Crippen LogP contribution is -2.41. The maximum Gasteiger partial charge on any atom is 0.276 e. The first-order chi connectivity index (χ1) is 10.1. The monoisotopic (exact) mass is 314 g/mol. The summed E-state index contributed by atoms with van der Waals surface area (Å²) in [6.45, 7) is 2.64. The molecule has 0 spiro atoms. The van der Waals surface area contributed by atoms with Crippen molar-refractivity contribution in [2.24, 2.45) is 0 Å². The average Bonchev–Trinajstić information content (AvgIpc) is 2.47. The zero-order chi connectivity index (χ0) is 15.2. The minimum absolute atomic E-state index is 0.0160. The number of nitro groups is 1. The summed E-state index contributed by atoms with van der Waals surface area (Å²) in [5, 5.41) is 13.6. The number of carbonyl (C=O) groups excluding carboxylic acids is 1. The van der Waals surface area contributed by atoms with E-state index >= 15 is 0 Å². The fourth-order valence-corrected chi connectivity index (χ4v) is 2.15. The fourth-order valence-electron chi connectivity index (χ4n) is 1.95.